The van der Waals surface area contributed by atoms with Crippen LogP contribution < -0.4 is 15.4 Å². The predicted molar refractivity (Wildman–Crippen MR) is 162 cm³/mol. The largest absolute Gasteiger partial charge is 0.368 e. The summed E-state index contributed by atoms with van der Waals surface area (Å²) in [4.78, 5) is 33.5. The lowest BCUT2D eigenvalue weighted by atomic mass is 10.0. The zero-order chi connectivity index (χ0) is 27.5. The van der Waals surface area contributed by atoms with Gasteiger partial charge in [0.25, 0.3) is 11.5 Å². The molecule has 2 fully saturated rings. The summed E-state index contributed by atoms with van der Waals surface area (Å²) in [6, 6.07) is 22.1. The van der Waals surface area contributed by atoms with Crippen LogP contribution in [0.5, 0.6) is 0 Å². The van der Waals surface area contributed by atoms with Gasteiger partial charge >= 0.3 is 0 Å². The van der Waals surface area contributed by atoms with E-state index in [1.54, 1.807) is 16.4 Å². The Kier molecular flexibility index (Phi) is 7.87. The van der Waals surface area contributed by atoms with Crippen molar-refractivity contribution in [2.45, 2.75) is 26.9 Å². The third-order valence-corrected chi connectivity index (χ3v) is 8.57. The molecular weight excluding hydrogens is 526 g/mol. The Hall–Kier alpha value is -3.87. The van der Waals surface area contributed by atoms with Crippen molar-refractivity contribution in [1.29, 1.82) is 5.26 Å². The van der Waals surface area contributed by atoms with E-state index in [-0.39, 0.29) is 17.0 Å². The monoisotopic (exact) mass is 555 g/mol. The van der Waals surface area contributed by atoms with Crippen LogP contribution in [0.15, 0.2) is 70.4 Å². The van der Waals surface area contributed by atoms with Gasteiger partial charge in [-0.1, -0.05) is 72.5 Å². The number of hydrogen-bond acceptors (Lipinski definition) is 7. The second-order valence-electron chi connectivity index (χ2n) is 9.46. The smallest absolute Gasteiger partial charge is 0.270 e. The lowest BCUT2D eigenvalue weighted by Crippen LogP contribution is -2.48. The maximum absolute atomic E-state index is 13.5. The molecule has 2 aromatic carbocycles. The fraction of sp³-hybridized carbons (Fsp3) is 0.267. The van der Waals surface area contributed by atoms with Crippen LogP contribution in [0.25, 0.3) is 6.08 Å². The highest BCUT2D eigenvalue weighted by Crippen LogP contribution is 2.37. The Bertz CT molecular complexity index is 1540. The van der Waals surface area contributed by atoms with Crippen molar-refractivity contribution < 1.29 is 4.79 Å². The molecule has 5 rings (SSSR count). The lowest BCUT2D eigenvalue weighted by Gasteiger charge is -2.39. The first-order valence-electron chi connectivity index (χ1n) is 12.9. The minimum atomic E-state index is -0.299. The molecule has 3 aromatic rings. The molecule has 1 aromatic heterocycles. The van der Waals surface area contributed by atoms with Crippen LogP contribution >= 0.6 is 24.0 Å². The Balaban J connectivity index is 1.53. The number of benzene rings is 2. The van der Waals surface area contributed by atoms with Crippen LogP contribution in [0, 0.1) is 18.3 Å². The number of anilines is 2. The zero-order valence-corrected chi connectivity index (χ0v) is 23.6. The van der Waals surface area contributed by atoms with Crippen molar-refractivity contribution >= 4 is 51.8 Å². The molecule has 0 spiro atoms. The number of hydrogen-bond donors (Lipinski definition) is 0. The molecule has 2 aliphatic heterocycles. The second kappa shape index (κ2) is 11.5. The van der Waals surface area contributed by atoms with Crippen molar-refractivity contribution in [3.8, 4) is 6.07 Å². The molecule has 2 saturated heterocycles. The molecule has 3 heterocycles. The highest BCUT2D eigenvalue weighted by Gasteiger charge is 2.33. The fourth-order valence-electron chi connectivity index (χ4n) is 5.13. The summed E-state index contributed by atoms with van der Waals surface area (Å²) in [6.07, 6.45) is 1.82. The number of amides is 1. The van der Waals surface area contributed by atoms with Crippen LogP contribution in [-0.2, 0) is 17.9 Å². The van der Waals surface area contributed by atoms with E-state index in [1.165, 1.54) is 17.4 Å². The number of carbonyl (C=O) groups is 1. The van der Waals surface area contributed by atoms with Crippen LogP contribution in [0.4, 0.5) is 11.5 Å². The standard InChI is InChI=1S/C30H29N5O2S2/c1-3-34-27(33-16-14-32(15-17-33)23-12-8-5-9-13-23)24(21(2)25(19-31)28(34)36)18-26-29(37)35(30(38)39-26)20-22-10-6-4-7-11-22/h4-13,18H,3,14-17,20H2,1-2H3/b26-18+. The quantitative estimate of drug-likeness (QED) is 0.320. The summed E-state index contributed by atoms with van der Waals surface area (Å²) < 4.78 is 2.16. The zero-order valence-electron chi connectivity index (χ0n) is 22.0. The molecule has 2 aliphatic rings. The van der Waals surface area contributed by atoms with Gasteiger partial charge in [0.05, 0.1) is 11.4 Å². The summed E-state index contributed by atoms with van der Waals surface area (Å²) in [5.41, 5.74) is 3.28. The first kappa shape index (κ1) is 26.7. The van der Waals surface area contributed by atoms with Gasteiger partial charge in [-0.15, -0.1) is 0 Å². The fourth-order valence-corrected chi connectivity index (χ4v) is 6.36. The van der Waals surface area contributed by atoms with E-state index in [9.17, 15) is 14.9 Å². The topological polar surface area (TPSA) is 72.6 Å². The van der Waals surface area contributed by atoms with Gasteiger partial charge in [0.2, 0.25) is 0 Å². The summed E-state index contributed by atoms with van der Waals surface area (Å²) in [5.74, 6) is 0.584. The molecule has 0 saturated carbocycles. The first-order chi connectivity index (χ1) is 18.9. The molecule has 0 atom stereocenters. The van der Waals surface area contributed by atoms with Gasteiger partial charge < -0.3 is 9.80 Å². The number of carbonyl (C=O) groups excluding carboxylic acids is 1. The predicted octanol–water partition coefficient (Wildman–Crippen LogP) is 4.78. The Morgan fingerprint density at radius 1 is 0.974 bits per heavy atom. The molecule has 0 radical (unpaired) electrons. The van der Waals surface area contributed by atoms with Gasteiger partial charge in [-0.3, -0.25) is 19.1 Å². The molecule has 7 nitrogen and oxygen atoms in total. The minimum Gasteiger partial charge on any atom is -0.368 e. The van der Waals surface area contributed by atoms with E-state index in [4.69, 9.17) is 12.2 Å². The number of piperazine rings is 1. The van der Waals surface area contributed by atoms with E-state index in [0.717, 1.165) is 30.0 Å². The molecule has 0 bridgehead atoms. The molecular formula is C30H29N5O2S2. The second-order valence-corrected chi connectivity index (χ2v) is 11.1. The number of thiocarbonyl (C=S) groups is 1. The number of pyridine rings is 1. The summed E-state index contributed by atoms with van der Waals surface area (Å²) in [5, 5.41) is 9.86. The van der Waals surface area contributed by atoms with Crippen molar-refractivity contribution in [3.63, 3.8) is 0 Å². The Morgan fingerprint density at radius 2 is 1.59 bits per heavy atom. The molecule has 1 amide bonds. The van der Waals surface area contributed by atoms with Crippen molar-refractivity contribution in [2.75, 3.05) is 36.0 Å². The van der Waals surface area contributed by atoms with Gasteiger partial charge in [-0.25, -0.2) is 0 Å². The van der Waals surface area contributed by atoms with E-state index >= 15 is 0 Å². The molecule has 39 heavy (non-hydrogen) atoms. The highest BCUT2D eigenvalue weighted by molar-refractivity contribution is 8.26. The van der Waals surface area contributed by atoms with Crippen LogP contribution in [0.1, 0.15) is 29.2 Å². The molecule has 0 unspecified atom stereocenters. The summed E-state index contributed by atoms with van der Waals surface area (Å²) in [7, 11) is 0. The van der Waals surface area contributed by atoms with Gasteiger partial charge in [-0.2, -0.15) is 5.26 Å². The van der Waals surface area contributed by atoms with Crippen LogP contribution in [-0.4, -0.2) is 45.9 Å². The van der Waals surface area contributed by atoms with Crippen molar-refractivity contribution in [2.24, 2.45) is 0 Å². The van der Waals surface area contributed by atoms with E-state index in [2.05, 4.69) is 28.0 Å². The summed E-state index contributed by atoms with van der Waals surface area (Å²) in [6.45, 7) is 7.50. The third kappa shape index (κ3) is 5.22. The SMILES string of the molecule is CCn1c(N2CCN(c3ccccc3)CC2)c(/C=C2/SC(=S)N(Cc3ccccc3)C2=O)c(C)c(C#N)c1=O. The molecule has 0 N–H and O–H groups in total. The third-order valence-electron chi connectivity index (χ3n) is 7.20. The number of aromatic nitrogens is 1. The van der Waals surface area contributed by atoms with E-state index in [0.29, 0.717) is 41.0 Å². The molecule has 198 valence electrons. The van der Waals surface area contributed by atoms with Gasteiger partial charge in [0.1, 0.15) is 21.8 Å². The summed E-state index contributed by atoms with van der Waals surface area (Å²) >= 11 is 6.84. The number of nitriles is 1. The number of thioether (sulfide) groups is 1. The molecule has 9 heteroatoms. The average molecular weight is 556 g/mol. The van der Waals surface area contributed by atoms with Crippen molar-refractivity contribution in [3.05, 3.63) is 98.2 Å². The minimum absolute atomic E-state index is 0.106. The average Bonchev–Trinajstić information content (AvgIpc) is 3.23. The normalized spacial score (nSPS) is 16.7. The highest BCUT2D eigenvalue weighted by atomic mass is 32.2. The van der Waals surface area contributed by atoms with Gasteiger partial charge in [-0.05, 0) is 43.2 Å². The maximum atomic E-state index is 13.5. The van der Waals surface area contributed by atoms with Crippen LogP contribution in [0.2, 0.25) is 0 Å². The Labute approximate surface area is 237 Å². The Morgan fingerprint density at radius 3 is 2.21 bits per heavy atom. The number of para-hydroxylation sites is 1. The molecule has 0 aliphatic carbocycles. The maximum Gasteiger partial charge on any atom is 0.270 e. The van der Waals surface area contributed by atoms with Gasteiger partial charge in [0.15, 0.2) is 0 Å². The van der Waals surface area contributed by atoms with Crippen LogP contribution in [0.3, 0.4) is 0 Å². The number of rotatable bonds is 6. The van der Waals surface area contributed by atoms with E-state index in [1.807, 2.05) is 61.5 Å². The lowest BCUT2D eigenvalue weighted by molar-refractivity contribution is -0.122. The number of nitrogens with zero attached hydrogens (tertiary/aromatic N) is 5. The van der Waals surface area contributed by atoms with E-state index < -0.39 is 0 Å². The van der Waals surface area contributed by atoms with Crippen molar-refractivity contribution in [1.82, 2.24) is 9.47 Å². The van der Waals surface area contributed by atoms with Gasteiger partial charge in [0, 0.05) is 44.0 Å². The first-order valence-corrected chi connectivity index (χ1v) is 14.2.